The first-order valence-electron chi connectivity index (χ1n) is 6.64. The molecule has 2 rings (SSSR count). The molecular formula is C13H18ClN3O3S. The Morgan fingerprint density at radius 2 is 2.29 bits per heavy atom. The number of rotatable bonds is 3. The molecule has 1 aliphatic heterocycles. The summed E-state index contributed by atoms with van der Waals surface area (Å²) in [5.41, 5.74) is -0.510. The molecule has 0 bridgehead atoms. The van der Waals surface area contributed by atoms with Gasteiger partial charge in [-0.25, -0.2) is 9.78 Å². The van der Waals surface area contributed by atoms with Gasteiger partial charge in [0.1, 0.15) is 10.5 Å². The molecule has 1 fully saturated rings. The first-order valence-corrected chi connectivity index (χ1v) is 7.84. The normalized spacial score (nSPS) is 18.7. The van der Waals surface area contributed by atoms with Gasteiger partial charge in [-0.3, -0.25) is 4.79 Å². The van der Waals surface area contributed by atoms with Gasteiger partial charge in [-0.05, 0) is 27.2 Å². The van der Waals surface area contributed by atoms with Gasteiger partial charge in [-0.2, -0.15) is 0 Å². The molecule has 0 radical (unpaired) electrons. The van der Waals surface area contributed by atoms with Crippen LogP contribution in [0.4, 0.5) is 9.93 Å². The molecule has 2 heterocycles. The number of carbonyl (C=O) groups is 2. The highest BCUT2D eigenvalue weighted by atomic mass is 35.5. The molecule has 0 saturated carbocycles. The first-order chi connectivity index (χ1) is 9.78. The van der Waals surface area contributed by atoms with E-state index < -0.39 is 11.7 Å². The minimum atomic E-state index is -0.510. The Bertz CT molecular complexity index is 541. The van der Waals surface area contributed by atoms with E-state index in [-0.39, 0.29) is 11.2 Å². The average Bonchev–Trinajstić information content (AvgIpc) is 2.93. The summed E-state index contributed by atoms with van der Waals surface area (Å²) in [6.45, 7) is 6.86. The smallest absolute Gasteiger partial charge is 0.407 e. The van der Waals surface area contributed by atoms with Crippen molar-refractivity contribution in [2.45, 2.75) is 38.8 Å². The number of amides is 1. The van der Waals surface area contributed by atoms with Gasteiger partial charge in [0.2, 0.25) is 0 Å². The van der Waals surface area contributed by atoms with E-state index in [0.29, 0.717) is 22.8 Å². The average molecular weight is 332 g/mol. The Labute approximate surface area is 132 Å². The molecule has 21 heavy (non-hydrogen) atoms. The number of nitrogens with zero attached hydrogens (tertiary/aromatic N) is 2. The maximum atomic E-state index is 11.7. The van der Waals surface area contributed by atoms with Gasteiger partial charge in [-0.1, -0.05) is 22.9 Å². The number of anilines is 1. The molecule has 8 heteroatoms. The molecule has 1 saturated heterocycles. The molecule has 0 spiro atoms. The molecule has 0 unspecified atom stereocenters. The summed E-state index contributed by atoms with van der Waals surface area (Å²) >= 11 is 7.13. The zero-order valence-corrected chi connectivity index (χ0v) is 13.8. The number of nitrogens with one attached hydrogen (secondary N) is 1. The summed E-state index contributed by atoms with van der Waals surface area (Å²) in [6, 6.07) is 0.00204. The highest BCUT2D eigenvalue weighted by molar-refractivity contribution is 7.17. The maximum absolute atomic E-state index is 11.7. The van der Waals surface area contributed by atoms with Crippen molar-refractivity contribution in [2.24, 2.45) is 0 Å². The number of alkyl carbamates (subject to hydrolysis) is 1. The molecule has 1 atom stereocenters. The van der Waals surface area contributed by atoms with Gasteiger partial charge in [0.05, 0.1) is 6.04 Å². The van der Waals surface area contributed by atoms with Crippen LogP contribution >= 0.6 is 22.9 Å². The lowest BCUT2D eigenvalue weighted by Gasteiger charge is -2.21. The molecular weight excluding hydrogens is 314 g/mol. The Hall–Kier alpha value is -1.34. The summed E-state index contributed by atoms with van der Waals surface area (Å²) in [5.74, 6) is 0. The largest absolute Gasteiger partial charge is 0.444 e. The Morgan fingerprint density at radius 1 is 1.57 bits per heavy atom. The Morgan fingerprint density at radius 3 is 2.86 bits per heavy atom. The zero-order chi connectivity index (χ0) is 15.6. The van der Waals surface area contributed by atoms with Crippen LogP contribution < -0.4 is 10.2 Å². The summed E-state index contributed by atoms with van der Waals surface area (Å²) in [4.78, 5) is 29.1. The van der Waals surface area contributed by atoms with Crippen molar-refractivity contribution in [3.8, 4) is 0 Å². The SMILES string of the molecule is CC(C)(C)OC(=O)N[C@@H]1CCN(c2nc(Cl)c(C=O)s2)C1. The van der Waals surface area contributed by atoms with Crippen molar-refractivity contribution < 1.29 is 14.3 Å². The van der Waals surface area contributed by atoms with E-state index in [1.165, 1.54) is 11.3 Å². The van der Waals surface area contributed by atoms with Crippen molar-refractivity contribution in [1.29, 1.82) is 0 Å². The molecule has 1 aromatic rings. The van der Waals surface area contributed by atoms with Crippen LogP contribution in [0.2, 0.25) is 5.15 Å². The van der Waals surface area contributed by atoms with Crippen molar-refractivity contribution >= 4 is 40.4 Å². The van der Waals surface area contributed by atoms with Crippen molar-refractivity contribution in [3.63, 3.8) is 0 Å². The van der Waals surface area contributed by atoms with Crippen LogP contribution in [-0.2, 0) is 4.74 Å². The number of hydrogen-bond donors (Lipinski definition) is 1. The number of hydrogen-bond acceptors (Lipinski definition) is 6. The summed E-state index contributed by atoms with van der Waals surface area (Å²) in [6.07, 6.45) is 1.09. The predicted molar refractivity (Wildman–Crippen MR) is 82.5 cm³/mol. The maximum Gasteiger partial charge on any atom is 0.407 e. The quantitative estimate of drug-likeness (QED) is 0.862. The van der Waals surface area contributed by atoms with Crippen LogP contribution in [0.25, 0.3) is 0 Å². The number of ether oxygens (including phenoxy) is 1. The van der Waals surface area contributed by atoms with E-state index in [0.717, 1.165) is 13.0 Å². The Balaban J connectivity index is 1.91. The lowest BCUT2D eigenvalue weighted by atomic mass is 10.2. The van der Waals surface area contributed by atoms with E-state index in [1.807, 2.05) is 25.7 Å². The van der Waals surface area contributed by atoms with E-state index in [4.69, 9.17) is 16.3 Å². The fourth-order valence-corrected chi connectivity index (χ4v) is 3.13. The summed E-state index contributed by atoms with van der Waals surface area (Å²) in [7, 11) is 0. The van der Waals surface area contributed by atoms with Crippen LogP contribution in [0.1, 0.15) is 36.9 Å². The Kier molecular flexibility index (Phi) is 4.73. The van der Waals surface area contributed by atoms with E-state index in [2.05, 4.69) is 10.3 Å². The molecule has 0 aliphatic carbocycles. The van der Waals surface area contributed by atoms with Crippen LogP contribution in [-0.4, -0.2) is 42.1 Å². The first kappa shape index (κ1) is 16.0. The highest BCUT2D eigenvalue weighted by Crippen LogP contribution is 2.30. The number of thiazole rings is 1. The van der Waals surface area contributed by atoms with Crippen LogP contribution in [0.3, 0.4) is 0 Å². The number of aromatic nitrogens is 1. The third-order valence-corrected chi connectivity index (χ3v) is 4.33. The fourth-order valence-electron chi connectivity index (χ4n) is 2.04. The second-order valence-electron chi connectivity index (χ2n) is 5.85. The summed E-state index contributed by atoms with van der Waals surface area (Å²) in [5, 5.41) is 3.78. The lowest BCUT2D eigenvalue weighted by Crippen LogP contribution is -2.40. The third-order valence-electron chi connectivity index (χ3n) is 2.89. The predicted octanol–water partition coefficient (Wildman–Crippen LogP) is 2.71. The number of carbonyl (C=O) groups excluding carboxylic acids is 2. The molecule has 6 nitrogen and oxygen atoms in total. The minimum absolute atomic E-state index is 0.00204. The van der Waals surface area contributed by atoms with Gasteiger partial charge in [0.15, 0.2) is 16.6 Å². The van der Waals surface area contributed by atoms with Crippen molar-refractivity contribution in [3.05, 3.63) is 10.0 Å². The minimum Gasteiger partial charge on any atom is -0.444 e. The second kappa shape index (κ2) is 6.19. The zero-order valence-electron chi connectivity index (χ0n) is 12.2. The molecule has 1 amide bonds. The van der Waals surface area contributed by atoms with Gasteiger partial charge in [0, 0.05) is 13.1 Å². The lowest BCUT2D eigenvalue weighted by molar-refractivity contribution is 0.0509. The highest BCUT2D eigenvalue weighted by Gasteiger charge is 2.28. The molecule has 116 valence electrons. The van der Waals surface area contributed by atoms with Gasteiger partial charge < -0.3 is 15.0 Å². The van der Waals surface area contributed by atoms with Crippen molar-refractivity contribution in [2.75, 3.05) is 18.0 Å². The molecule has 1 N–H and O–H groups in total. The van der Waals surface area contributed by atoms with Gasteiger partial charge >= 0.3 is 6.09 Å². The molecule has 1 aromatic heterocycles. The fraction of sp³-hybridized carbons (Fsp3) is 0.615. The summed E-state index contributed by atoms with van der Waals surface area (Å²) < 4.78 is 5.23. The monoisotopic (exact) mass is 331 g/mol. The standard InChI is InChI=1S/C13H18ClN3O3S/c1-13(2,3)20-12(19)15-8-4-5-17(6-8)11-16-10(14)9(7-18)21-11/h7-8H,4-6H2,1-3H3,(H,15,19)/t8-/m1/s1. The molecule has 0 aromatic carbocycles. The van der Waals surface area contributed by atoms with E-state index in [9.17, 15) is 9.59 Å². The molecule has 1 aliphatic rings. The third kappa shape index (κ3) is 4.31. The number of aldehydes is 1. The van der Waals surface area contributed by atoms with Gasteiger partial charge in [0.25, 0.3) is 0 Å². The van der Waals surface area contributed by atoms with Crippen LogP contribution in [0.15, 0.2) is 0 Å². The van der Waals surface area contributed by atoms with Gasteiger partial charge in [-0.15, -0.1) is 0 Å². The van der Waals surface area contributed by atoms with Crippen LogP contribution in [0.5, 0.6) is 0 Å². The van der Waals surface area contributed by atoms with E-state index in [1.54, 1.807) is 0 Å². The van der Waals surface area contributed by atoms with Crippen LogP contribution in [0, 0.1) is 0 Å². The number of halogens is 1. The van der Waals surface area contributed by atoms with E-state index >= 15 is 0 Å². The topological polar surface area (TPSA) is 71.5 Å². The second-order valence-corrected chi connectivity index (χ2v) is 7.21. The van der Waals surface area contributed by atoms with Crippen molar-refractivity contribution in [1.82, 2.24) is 10.3 Å².